The molecule has 3 rings (SSSR count). The van der Waals surface area contributed by atoms with Crippen LogP contribution >= 0.6 is 11.6 Å². The maximum atomic E-state index is 12.3. The topological polar surface area (TPSA) is 46.9 Å². The zero-order valence-electron chi connectivity index (χ0n) is 12.0. The van der Waals surface area contributed by atoms with Gasteiger partial charge in [-0.1, -0.05) is 24.6 Å². The van der Waals surface area contributed by atoms with Crippen molar-refractivity contribution in [1.29, 1.82) is 0 Å². The Kier molecular flexibility index (Phi) is 3.97. The second kappa shape index (κ2) is 5.90. The van der Waals surface area contributed by atoms with E-state index in [-0.39, 0.29) is 5.91 Å². The summed E-state index contributed by atoms with van der Waals surface area (Å²) in [6, 6.07) is 7.48. The second-order valence-electron chi connectivity index (χ2n) is 5.40. The molecule has 1 aromatic heterocycles. The zero-order chi connectivity index (χ0) is 14.8. The molecule has 21 heavy (non-hydrogen) atoms. The van der Waals surface area contributed by atoms with Gasteiger partial charge < -0.3 is 5.32 Å². The highest BCUT2D eigenvalue weighted by Gasteiger charge is 2.23. The molecule has 0 spiro atoms. The summed E-state index contributed by atoms with van der Waals surface area (Å²) in [5.41, 5.74) is 2.43. The van der Waals surface area contributed by atoms with Gasteiger partial charge in [0.25, 0.3) is 5.91 Å². The van der Waals surface area contributed by atoms with Crippen LogP contribution < -0.4 is 5.32 Å². The number of amides is 1. The van der Waals surface area contributed by atoms with Gasteiger partial charge in [0, 0.05) is 11.6 Å². The molecule has 2 aromatic rings. The van der Waals surface area contributed by atoms with Crippen LogP contribution in [0.1, 0.15) is 35.8 Å². The van der Waals surface area contributed by atoms with E-state index < -0.39 is 0 Å². The number of nitrogens with one attached hydrogen (secondary N) is 1. The van der Waals surface area contributed by atoms with Gasteiger partial charge in [-0.2, -0.15) is 5.10 Å². The molecule has 5 heteroatoms. The van der Waals surface area contributed by atoms with E-state index in [1.54, 1.807) is 10.9 Å². The van der Waals surface area contributed by atoms with E-state index in [2.05, 4.69) is 10.4 Å². The van der Waals surface area contributed by atoms with Crippen molar-refractivity contribution in [3.05, 3.63) is 46.7 Å². The van der Waals surface area contributed by atoms with E-state index in [1.165, 1.54) is 12.8 Å². The normalized spacial score (nSPS) is 14.2. The minimum atomic E-state index is -0.0352. The van der Waals surface area contributed by atoms with Crippen molar-refractivity contribution in [1.82, 2.24) is 15.1 Å². The fourth-order valence-corrected chi connectivity index (χ4v) is 2.57. The highest BCUT2D eigenvalue weighted by atomic mass is 35.5. The number of carbonyl (C=O) groups is 1. The van der Waals surface area contributed by atoms with Crippen LogP contribution in [0.15, 0.2) is 30.5 Å². The van der Waals surface area contributed by atoms with Gasteiger partial charge in [-0.15, -0.1) is 0 Å². The number of benzene rings is 1. The van der Waals surface area contributed by atoms with E-state index in [9.17, 15) is 4.79 Å². The monoisotopic (exact) mass is 303 g/mol. The van der Waals surface area contributed by atoms with Crippen LogP contribution in [0, 0.1) is 5.92 Å². The molecule has 0 aliphatic heterocycles. The zero-order valence-corrected chi connectivity index (χ0v) is 12.7. The third kappa shape index (κ3) is 3.10. The van der Waals surface area contributed by atoms with Crippen LogP contribution in [0.3, 0.4) is 0 Å². The van der Waals surface area contributed by atoms with Gasteiger partial charge in [0.1, 0.15) is 0 Å². The minimum Gasteiger partial charge on any atom is -0.352 e. The van der Waals surface area contributed by atoms with Crippen LogP contribution in [0.25, 0.3) is 5.69 Å². The maximum absolute atomic E-state index is 12.3. The third-order valence-corrected chi connectivity index (χ3v) is 3.98. The fourth-order valence-electron chi connectivity index (χ4n) is 2.39. The van der Waals surface area contributed by atoms with Crippen molar-refractivity contribution in [2.45, 2.75) is 26.2 Å². The van der Waals surface area contributed by atoms with Crippen molar-refractivity contribution >= 4 is 17.5 Å². The molecular weight excluding hydrogens is 286 g/mol. The van der Waals surface area contributed by atoms with Crippen molar-refractivity contribution < 1.29 is 4.79 Å². The summed E-state index contributed by atoms with van der Waals surface area (Å²) < 4.78 is 1.79. The summed E-state index contributed by atoms with van der Waals surface area (Å²) in [6.45, 7) is 2.79. The maximum Gasteiger partial charge on any atom is 0.254 e. The van der Waals surface area contributed by atoms with Gasteiger partial charge in [0.15, 0.2) is 0 Å². The van der Waals surface area contributed by atoms with E-state index in [1.807, 2.05) is 31.2 Å². The highest BCUT2D eigenvalue weighted by molar-refractivity contribution is 6.30. The first-order valence-electron chi connectivity index (χ1n) is 7.30. The van der Waals surface area contributed by atoms with Crippen LogP contribution in [-0.2, 0) is 6.42 Å². The first-order chi connectivity index (χ1) is 10.2. The molecule has 0 unspecified atom stereocenters. The molecule has 0 saturated heterocycles. The lowest BCUT2D eigenvalue weighted by atomic mass is 10.2. The fraction of sp³-hybridized carbons (Fsp3) is 0.375. The molecule has 0 bridgehead atoms. The average molecular weight is 304 g/mol. The van der Waals surface area contributed by atoms with Gasteiger partial charge in [-0.05, 0) is 43.4 Å². The molecule has 0 atom stereocenters. The molecule has 0 radical (unpaired) electrons. The molecule has 1 fully saturated rings. The quantitative estimate of drug-likeness (QED) is 0.922. The lowest BCUT2D eigenvalue weighted by Gasteiger charge is -2.08. The molecule has 4 nitrogen and oxygen atoms in total. The predicted molar refractivity (Wildman–Crippen MR) is 83.0 cm³/mol. The van der Waals surface area contributed by atoms with Crippen molar-refractivity contribution in [2.75, 3.05) is 6.54 Å². The Hall–Kier alpha value is -1.81. The van der Waals surface area contributed by atoms with Crippen LogP contribution in [-0.4, -0.2) is 22.2 Å². The smallest absolute Gasteiger partial charge is 0.254 e. The van der Waals surface area contributed by atoms with Crippen molar-refractivity contribution in [3.8, 4) is 5.69 Å². The van der Waals surface area contributed by atoms with Gasteiger partial charge in [-0.3, -0.25) is 4.79 Å². The first-order valence-corrected chi connectivity index (χ1v) is 7.68. The molecule has 1 aliphatic carbocycles. The third-order valence-electron chi connectivity index (χ3n) is 3.75. The lowest BCUT2D eigenvalue weighted by Crippen LogP contribution is -2.26. The molecule has 1 heterocycles. The molecule has 1 aliphatic rings. The molecule has 1 N–H and O–H groups in total. The number of nitrogens with zero attached hydrogens (tertiary/aromatic N) is 2. The summed E-state index contributed by atoms with van der Waals surface area (Å²) in [4.78, 5) is 12.3. The Balaban J connectivity index is 1.87. The van der Waals surface area contributed by atoms with E-state index in [4.69, 9.17) is 11.6 Å². The Bertz CT molecular complexity index is 661. The first kappa shape index (κ1) is 14.1. The molecule has 1 aromatic carbocycles. The Morgan fingerprint density at radius 1 is 1.48 bits per heavy atom. The lowest BCUT2D eigenvalue weighted by molar-refractivity contribution is 0.0951. The number of hydrogen-bond acceptors (Lipinski definition) is 2. The molecule has 1 saturated carbocycles. The minimum absolute atomic E-state index is 0.0352. The Labute approximate surface area is 129 Å². The number of hydrogen-bond donors (Lipinski definition) is 1. The van der Waals surface area contributed by atoms with Crippen LogP contribution in [0.5, 0.6) is 0 Å². The summed E-state index contributed by atoms with van der Waals surface area (Å²) in [5.74, 6) is 0.633. The predicted octanol–water partition coefficient (Wildman–Crippen LogP) is 3.23. The number of rotatable bonds is 5. The summed E-state index contributed by atoms with van der Waals surface area (Å²) in [7, 11) is 0. The number of halogens is 1. The highest BCUT2D eigenvalue weighted by Crippen LogP contribution is 2.27. The van der Waals surface area contributed by atoms with Crippen LogP contribution in [0.4, 0.5) is 0 Å². The second-order valence-corrected chi connectivity index (χ2v) is 5.84. The number of aromatic nitrogens is 2. The van der Waals surface area contributed by atoms with E-state index in [0.29, 0.717) is 16.5 Å². The number of carbonyl (C=O) groups excluding carboxylic acids is 1. The van der Waals surface area contributed by atoms with Crippen molar-refractivity contribution in [2.24, 2.45) is 5.92 Å². The summed E-state index contributed by atoms with van der Waals surface area (Å²) in [5, 5.41) is 8.01. The molecular formula is C16H18ClN3O. The average Bonchev–Trinajstić information content (AvgIpc) is 3.21. The van der Waals surface area contributed by atoms with Gasteiger partial charge in [-0.25, -0.2) is 4.68 Å². The summed E-state index contributed by atoms with van der Waals surface area (Å²) in [6.07, 6.45) is 4.83. The molecule has 110 valence electrons. The van der Waals surface area contributed by atoms with Gasteiger partial charge in [0.2, 0.25) is 0 Å². The standard InChI is InChI=1S/C16H18ClN3O/c1-2-15-14(16(21)18-9-11-6-7-11)10-19-20(15)13-5-3-4-12(17)8-13/h3-5,8,10-11H,2,6-7,9H2,1H3,(H,18,21). The van der Waals surface area contributed by atoms with Crippen LogP contribution in [0.2, 0.25) is 5.02 Å². The van der Waals surface area contributed by atoms with E-state index in [0.717, 1.165) is 24.3 Å². The van der Waals surface area contributed by atoms with E-state index >= 15 is 0 Å². The van der Waals surface area contributed by atoms with Crippen molar-refractivity contribution in [3.63, 3.8) is 0 Å². The Morgan fingerprint density at radius 2 is 2.29 bits per heavy atom. The van der Waals surface area contributed by atoms with Gasteiger partial charge in [0.05, 0.1) is 23.1 Å². The Morgan fingerprint density at radius 3 is 2.95 bits per heavy atom. The largest absolute Gasteiger partial charge is 0.352 e. The molecule has 1 amide bonds. The SMILES string of the molecule is CCc1c(C(=O)NCC2CC2)cnn1-c1cccc(Cl)c1. The van der Waals surface area contributed by atoms with Gasteiger partial charge >= 0.3 is 0 Å². The summed E-state index contributed by atoms with van der Waals surface area (Å²) >= 11 is 6.03.